The minimum Gasteiger partial charge on any atom is -0.242 e. The lowest BCUT2D eigenvalue weighted by molar-refractivity contribution is 0.628. The normalized spacial score (nSPS) is 12.5. The van der Waals surface area contributed by atoms with Gasteiger partial charge in [0.15, 0.2) is 11.6 Å². The molecule has 4 aromatic rings. The van der Waals surface area contributed by atoms with Crippen molar-refractivity contribution in [2.24, 2.45) is 0 Å². The van der Waals surface area contributed by atoms with E-state index in [0.29, 0.717) is 18.3 Å². The van der Waals surface area contributed by atoms with Gasteiger partial charge >= 0.3 is 0 Å². The first-order chi connectivity index (χ1) is 15.2. The summed E-state index contributed by atoms with van der Waals surface area (Å²) in [6, 6.07) is 16.6. The molecule has 0 saturated heterocycles. The van der Waals surface area contributed by atoms with Crippen molar-refractivity contribution in [1.82, 2.24) is 35.4 Å². The van der Waals surface area contributed by atoms with Gasteiger partial charge in [-0.2, -0.15) is 10.3 Å². The molecule has 0 spiro atoms. The van der Waals surface area contributed by atoms with Crippen LogP contribution in [0.4, 0.5) is 0 Å². The SMILES string of the molecule is CCC=Cc1nc(C(C)CC)nn1Cc1ccc(-c2ccccc2-c2nn[nH]n2)cc1. The number of aromatic nitrogens is 7. The summed E-state index contributed by atoms with van der Waals surface area (Å²) >= 11 is 0. The Hall–Kier alpha value is -3.61. The van der Waals surface area contributed by atoms with Crippen molar-refractivity contribution in [1.29, 1.82) is 0 Å². The fraction of sp³-hybridized carbons (Fsp3) is 0.292. The van der Waals surface area contributed by atoms with Crippen molar-refractivity contribution < 1.29 is 0 Å². The maximum atomic E-state index is 4.78. The van der Waals surface area contributed by atoms with Gasteiger partial charge < -0.3 is 0 Å². The molecule has 0 aliphatic rings. The van der Waals surface area contributed by atoms with E-state index in [1.165, 1.54) is 5.56 Å². The van der Waals surface area contributed by atoms with Crippen LogP contribution in [0.15, 0.2) is 54.6 Å². The molecule has 1 unspecified atom stereocenters. The Morgan fingerprint density at radius 3 is 2.48 bits per heavy atom. The first kappa shape index (κ1) is 20.7. The van der Waals surface area contributed by atoms with Crippen LogP contribution in [0.25, 0.3) is 28.6 Å². The molecule has 7 nitrogen and oxygen atoms in total. The van der Waals surface area contributed by atoms with Crippen LogP contribution in [-0.2, 0) is 6.54 Å². The van der Waals surface area contributed by atoms with Crippen LogP contribution in [0.2, 0.25) is 0 Å². The van der Waals surface area contributed by atoms with Gasteiger partial charge in [-0.3, -0.25) is 0 Å². The number of aromatic amines is 1. The van der Waals surface area contributed by atoms with Gasteiger partial charge in [-0.25, -0.2) is 9.67 Å². The molecule has 0 radical (unpaired) electrons. The predicted molar refractivity (Wildman–Crippen MR) is 122 cm³/mol. The summed E-state index contributed by atoms with van der Waals surface area (Å²) in [5, 5.41) is 19.3. The number of nitrogens with one attached hydrogen (secondary N) is 1. The summed E-state index contributed by atoms with van der Waals surface area (Å²) in [5.41, 5.74) is 4.30. The maximum absolute atomic E-state index is 4.78. The number of nitrogens with zero attached hydrogens (tertiary/aromatic N) is 6. The minimum absolute atomic E-state index is 0.346. The maximum Gasteiger partial charge on any atom is 0.205 e. The molecule has 0 aliphatic heterocycles. The third-order valence-electron chi connectivity index (χ3n) is 5.38. The van der Waals surface area contributed by atoms with E-state index in [2.05, 4.69) is 83.9 Å². The molecular weight excluding hydrogens is 386 g/mol. The van der Waals surface area contributed by atoms with Crippen LogP contribution in [0, 0.1) is 0 Å². The Morgan fingerprint density at radius 1 is 1.03 bits per heavy atom. The van der Waals surface area contributed by atoms with Gasteiger partial charge in [0.1, 0.15) is 0 Å². The van der Waals surface area contributed by atoms with E-state index in [4.69, 9.17) is 10.1 Å². The molecule has 0 bridgehead atoms. The fourth-order valence-corrected chi connectivity index (χ4v) is 3.39. The van der Waals surface area contributed by atoms with Crippen LogP contribution in [0.1, 0.15) is 56.7 Å². The minimum atomic E-state index is 0.346. The van der Waals surface area contributed by atoms with Crippen molar-refractivity contribution in [2.75, 3.05) is 0 Å². The Bertz CT molecular complexity index is 1140. The van der Waals surface area contributed by atoms with Crippen LogP contribution < -0.4 is 0 Å². The molecule has 7 heteroatoms. The number of hydrogen-bond donors (Lipinski definition) is 1. The highest BCUT2D eigenvalue weighted by molar-refractivity contribution is 5.80. The van der Waals surface area contributed by atoms with Crippen LogP contribution in [0.5, 0.6) is 0 Å². The van der Waals surface area contributed by atoms with Gasteiger partial charge in [0.05, 0.1) is 6.54 Å². The zero-order valence-electron chi connectivity index (χ0n) is 18.2. The molecule has 158 valence electrons. The molecule has 0 saturated carbocycles. The number of rotatable bonds is 8. The molecule has 1 atom stereocenters. The van der Waals surface area contributed by atoms with Crippen LogP contribution in [-0.4, -0.2) is 35.4 Å². The second kappa shape index (κ2) is 9.47. The molecule has 0 aliphatic carbocycles. The van der Waals surface area contributed by atoms with E-state index in [9.17, 15) is 0 Å². The van der Waals surface area contributed by atoms with Gasteiger partial charge in [0.2, 0.25) is 5.82 Å². The summed E-state index contributed by atoms with van der Waals surface area (Å²) in [4.78, 5) is 4.76. The first-order valence-electron chi connectivity index (χ1n) is 10.7. The molecule has 31 heavy (non-hydrogen) atoms. The van der Waals surface area contributed by atoms with E-state index in [-0.39, 0.29) is 0 Å². The number of allylic oxidation sites excluding steroid dienone is 1. The molecule has 2 aromatic carbocycles. The average Bonchev–Trinajstić information content (AvgIpc) is 3.48. The topological polar surface area (TPSA) is 85.2 Å². The Balaban J connectivity index is 1.61. The Morgan fingerprint density at radius 2 is 1.81 bits per heavy atom. The number of H-pyrrole nitrogens is 1. The van der Waals surface area contributed by atoms with Crippen molar-refractivity contribution >= 4 is 6.08 Å². The van der Waals surface area contributed by atoms with Crippen molar-refractivity contribution in [3.8, 4) is 22.5 Å². The average molecular weight is 414 g/mol. The van der Waals surface area contributed by atoms with E-state index < -0.39 is 0 Å². The fourth-order valence-electron chi connectivity index (χ4n) is 3.39. The van der Waals surface area contributed by atoms with Gasteiger partial charge in [-0.15, -0.1) is 10.2 Å². The van der Waals surface area contributed by atoms with Gasteiger partial charge in [0.25, 0.3) is 0 Å². The Labute approximate surface area is 182 Å². The van der Waals surface area contributed by atoms with Gasteiger partial charge in [0, 0.05) is 11.5 Å². The van der Waals surface area contributed by atoms with Gasteiger partial charge in [-0.05, 0) is 40.8 Å². The predicted octanol–water partition coefficient (Wildman–Crippen LogP) is 5.11. The summed E-state index contributed by atoms with van der Waals surface area (Å²) < 4.78 is 2.00. The number of benzene rings is 2. The summed E-state index contributed by atoms with van der Waals surface area (Å²) in [7, 11) is 0. The number of tetrazole rings is 1. The molecular formula is C24H27N7. The summed E-state index contributed by atoms with van der Waals surface area (Å²) in [5.74, 6) is 2.75. The third kappa shape index (κ3) is 4.60. The monoisotopic (exact) mass is 413 g/mol. The zero-order valence-corrected chi connectivity index (χ0v) is 18.2. The molecule has 0 fully saturated rings. The van der Waals surface area contributed by atoms with E-state index in [1.54, 1.807) is 0 Å². The highest BCUT2D eigenvalue weighted by Gasteiger charge is 2.14. The lowest BCUT2D eigenvalue weighted by atomic mass is 9.98. The van der Waals surface area contributed by atoms with Crippen LogP contribution in [0.3, 0.4) is 0 Å². The van der Waals surface area contributed by atoms with Crippen molar-refractivity contribution in [3.63, 3.8) is 0 Å². The number of hydrogen-bond acceptors (Lipinski definition) is 5. The molecule has 0 amide bonds. The standard InChI is InChI=1S/C24H27N7/c1-4-6-11-22-25-23(17(3)5-2)28-31(22)16-18-12-14-19(15-13-18)20-9-7-8-10-21(20)24-26-29-30-27-24/h6-15,17H,4-5,16H2,1-3H3,(H,26,27,29,30). The van der Waals surface area contributed by atoms with E-state index in [1.807, 2.05) is 22.9 Å². The van der Waals surface area contributed by atoms with Crippen molar-refractivity contribution in [3.05, 3.63) is 71.8 Å². The second-order valence-corrected chi connectivity index (χ2v) is 7.58. The lowest BCUT2D eigenvalue weighted by Gasteiger charge is -2.09. The molecule has 4 rings (SSSR count). The van der Waals surface area contributed by atoms with E-state index in [0.717, 1.165) is 41.2 Å². The van der Waals surface area contributed by atoms with Crippen LogP contribution >= 0.6 is 0 Å². The molecule has 1 N–H and O–H groups in total. The first-order valence-corrected chi connectivity index (χ1v) is 10.7. The summed E-state index contributed by atoms with van der Waals surface area (Å²) in [6.07, 6.45) is 6.18. The quantitative estimate of drug-likeness (QED) is 0.434. The third-order valence-corrected chi connectivity index (χ3v) is 5.38. The Kier molecular flexibility index (Phi) is 6.31. The highest BCUT2D eigenvalue weighted by Crippen LogP contribution is 2.29. The second-order valence-electron chi connectivity index (χ2n) is 7.58. The molecule has 2 heterocycles. The lowest BCUT2D eigenvalue weighted by Crippen LogP contribution is -2.05. The van der Waals surface area contributed by atoms with Gasteiger partial charge in [-0.1, -0.05) is 75.4 Å². The molecule has 2 aromatic heterocycles. The van der Waals surface area contributed by atoms with E-state index >= 15 is 0 Å². The largest absolute Gasteiger partial charge is 0.242 e. The van der Waals surface area contributed by atoms with Crippen molar-refractivity contribution in [2.45, 2.75) is 46.1 Å². The highest BCUT2D eigenvalue weighted by atomic mass is 15.5. The smallest absolute Gasteiger partial charge is 0.205 e. The summed E-state index contributed by atoms with van der Waals surface area (Å²) in [6.45, 7) is 7.14. The zero-order chi connectivity index (χ0) is 21.6.